The zero-order valence-electron chi connectivity index (χ0n) is 11.6. The number of amides is 1. The number of carboxylic acid groups (broad SMARTS) is 1. The largest absolute Gasteiger partial charge is 0.493 e. The fourth-order valence-corrected chi connectivity index (χ4v) is 2.71. The smallest absolute Gasteiger partial charge is 0.305 e. The Kier molecular flexibility index (Phi) is 5.44. The minimum atomic E-state index is -0.866. The predicted octanol–water partition coefficient (Wildman–Crippen LogP) is 2.57. The number of nitrogens with zero attached hydrogens (tertiary/aromatic N) is 1. The van der Waals surface area contributed by atoms with Gasteiger partial charge < -0.3 is 14.7 Å². The van der Waals surface area contributed by atoms with Crippen LogP contribution in [0.3, 0.4) is 0 Å². The Hall–Kier alpha value is -1.75. The molecule has 0 aromatic heterocycles. The van der Waals surface area contributed by atoms with Gasteiger partial charge in [-0.1, -0.05) is 17.7 Å². The summed E-state index contributed by atoms with van der Waals surface area (Å²) in [4.78, 5) is 24.6. The molecule has 1 N–H and O–H groups in total. The highest BCUT2D eigenvalue weighted by Crippen LogP contribution is 2.21. The maximum Gasteiger partial charge on any atom is 0.305 e. The molecule has 0 radical (unpaired) electrons. The number of halogens is 1. The molecule has 1 saturated heterocycles. The highest BCUT2D eigenvalue weighted by molar-refractivity contribution is 6.30. The minimum absolute atomic E-state index is 0.0148. The van der Waals surface area contributed by atoms with Crippen molar-refractivity contribution in [3.63, 3.8) is 0 Å². The monoisotopic (exact) mass is 311 g/mol. The van der Waals surface area contributed by atoms with Crippen molar-refractivity contribution in [3.05, 3.63) is 29.3 Å². The molecule has 1 fully saturated rings. The number of likely N-dealkylation sites (tertiary alicyclic amines) is 1. The maximum atomic E-state index is 12.1. The lowest BCUT2D eigenvalue weighted by Crippen LogP contribution is -2.37. The number of carbonyl (C=O) groups is 2. The third-order valence-electron chi connectivity index (χ3n) is 3.49. The Labute approximate surface area is 128 Å². The van der Waals surface area contributed by atoms with Crippen molar-refractivity contribution in [1.29, 1.82) is 0 Å². The van der Waals surface area contributed by atoms with E-state index in [-0.39, 0.29) is 31.4 Å². The molecule has 1 aromatic carbocycles. The first kappa shape index (κ1) is 15.6. The second-order valence-corrected chi connectivity index (χ2v) is 5.47. The fourth-order valence-electron chi connectivity index (χ4n) is 2.53. The van der Waals surface area contributed by atoms with Crippen molar-refractivity contribution in [2.75, 3.05) is 13.2 Å². The zero-order chi connectivity index (χ0) is 15.2. The first-order chi connectivity index (χ1) is 10.1. The van der Waals surface area contributed by atoms with Gasteiger partial charge in [-0.2, -0.15) is 0 Å². The van der Waals surface area contributed by atoms with Gasteiger partial charge in [-0.3, -0.25) is 9.59 Å². The number of hydrogen-bond acceptors (Lipinski definition) is 3. The summed E-state index contributed by atoms with van der Waals surface area (Å²) in [7, 11) is 0. The van der Waals surface area contributed by atoms with Crippen LogP contribution in [-0.2, 0) is 9.59 Å². The Morgan fingerprint density at radius 3 is 2.95 bits per heavy atom. The van der Waals surface area contributed by atoms with Crippen LogP contribution in [0, 0.1) is 0 Å². The van der Waals surface area contributed by atoms with Gasteiger partial charge in [0.25, 0.3) is 0 Å². The van der Waals surface area contributed by atoms with Gasteiger partial charge in [0.2, 0.25) is 5.91 Å². The second kappa shape index (κ2) is 7.31. The molecule has 1 heterocycles. The van der Waals surface area contributed by atoms with Crippen molar-refractivity contribution in [2.24, 2.45) is 0 Å². The van der Waals surface area contributed by atoms with Crippen molar-refractivity contribution in [1.82, 2.24) is 4.90 Å². The Morgan fingerprint density at radius 1 is 1.43 bits per heavy atom. The highest BCUT2D eigenvalue weighted by Gasteiger charge is 2.29. The third kappa shape index (κ3) is 4.63. The Bertz CT molecular complexity index is 520. The lowest BCUT2D eigenvalue weighted by atomic mass is 10.1. The summed E-state index contributed by atoms with van der Waals surface area (Å²) < 4.78 is 5.49. The number of carbonyl (C=O) groups excluding carboxylic acids is 1. The average molecular weight is 312 g/mol. The molecule has 114 valence electrons. The van der Waals surface area contributed by atoms with Crippen LogP contribution in [0.1, 0.15) is 25.7 Å². The number of ether oxygens (including phenoxy) is 1. The van der Waals surface area contributed by atoms with E-state index < -0.39 is 5.97 Å². The molecule has 0 spiro atoms. The molecule has 0 bridgehead atoms. The van der Waals surface area contributed by atoms with E-state index in [1.54, 1.807) is 29.2 Å². The molecule has 0 saturated carbocycles. The number of carboxylic acids is 1. The van der Waals surface area contributed by atoms with E-state index in [9.17, 15) is 9.59 Å². The summed E-state index contributed by atoms with van der Waals surface area (Å²) in [5.41, 5.74) is 0. The van der Waals surface area contributed by atoms with E-state index >= 15 is 0 Å². The minimum Gasteiger partial charge on any atom is -0.493 e. The average Bonchev–Trinajstić information content (AvgIpc) is 2.86. The van der Waals surface area contributed by atoms with E-state index in [1.807, 2.05) is 0 Å². The van der Waals surface area contributed by atoms with Crippen molar-refractivity contribution in [2.45, 2.75) is 31.7 Å². The lowest BCUT2D eigenvalue weighted by Gasteiger charge is -2.23. The quantitative estimate of drug-likeness (QED) is 0.877. The molecule has 5 nitrogen and oxygen atoms in total. The molecule has 1 amide bonds. The summed E-state index contributed by atoms with van der Waals surface area (Å²) >= 11 is 5.85. The highest BCUT2D eigenvalue weighted by atomic mass is 35.5. The summed E-state index contributed by atoms with van der Waals surface area (Å²) in [6.07, 6.45) is 1.87. The predicted molar refractivity (Wildman–Crippen MR) is 78.6 cm³/mol. The lowest BCUT2D eigenvalue weighted by molar-refractivity contribution is -0.140. The zero-order valence-corrected chi connectivity index (χ0v) is 12.4. The second-order valence-electron chi connectivity index (χ2n) is 5.04. The summed E-state index contributed by atoms with van der Waals surface area (Å²) in [5.74, 6) is -0.297. The molecule has 1 unspecified atom stereocenters. The van der Waals surface area contributed by atoms with Crippen LogP contribution in [-0.4, -0.2) is 41.1 Å². The fraction of sp³-hybridized carbons (Fsp3) is 0.467. The maximum absolute atomic E-state index is 12.1. The molecule has 6 heteroatoms. The molecule has 1 aromatic rings. The molecule has 1 atom stereocenters. The molecule has 1 aliphatic heterocycles. The van der Waals surface area contributed by atoms with Crippen LogP contribution in [0.25, 0.3) is 0 Å². The van der Waals surface area contributed by atoms with E-state index in [4.69, 9.17) is 21.4 Å². The first-order valence-corrected chi connectivity index (χ1v) is 7.33. The van der Waals surface area contributed by atoms with Gasteiger partial charge in [-0.05, 0) is 31.0 Å². The molecule has 1 aliphatic rings. The van der Waals surface area contributed by atoms with Gasteiger partial charge in [0.15, 0.2) is 0 Å². The summed E-state index contributed by atoms with van der Waals surface area (Å²) in [6, 6.07) is 6.82. The molecule has 2 rings (SSSR count). The van der Waals surface area contributed by atoms with Gasteiger partial charge in [0, 0.05) is 17.6 Å². The summed E-state index contributed by atoms with van der Waals surface area (Å²) in [6.45, 7) is 0.892. The van der Waals surface area contributed by atoms with Gasteiger partial charge >= 0.3 is 5.97 Å². The van der Waals surface area contributed by atoms with Crippen molar-refractivity contribution in [3.8, 4) is 5.75 Å². The Balaban J connectivity index is 1.80. The van der Waals surface area contributed by atoms with Crippen LogP contribution in [0.4, 0.5) is 0 Å². The van der Waals surface area contributed by atoms with E-state index in [2.05, 4.69) is 0 Å². The van der Waals surface area contributed by atoms with Crippen molar-refractivity contribution < 1.29 is 19.4 Å². The molecule has 0 aliphatic carbocycles. The standard InChI is InChI=1S/C15H18ClNO4/c16-11-3-1-5-13(9-11)21-8-6-14(18)17-7-2-4-12(17)10-15(19)20/h1,3,5,9,12H,2,4,6-8,10H2,(H,19,20). The summed E-state index contributed by atoms with van der Waals surface area (Å²) in [5, 5.41) is 9.43. The van der Waals surface area contributed by atoms with Gasteiger partial charge in [-0.15, -0.1) is 0 Å². The number of rotatable bonds is 6. The van der Waals surface area contributed by atoms with E-state index in [1.165, 1.54) is 0 Å². The van der Waals surface area contributed by atoms with Gasteiger partial charge in [-0.25, -0.2) is 0 Å². The first-order valence-electron chi connectivity index (χ1n) is 6.96. The molecular weight excluding hydrogens is 294 g/mol. The van der Waals surface area contributed by atoms with Crippen LogP contribution in [0.15, 0.2) is 24.3 Å². The van der Waals surface area contributed by atoms with Crippen molar-refractivity contribution >= 4 is 23.5 Å². The van der Waals surface area contributed by atoms with Crippen LogP contribution < -0.4 is 4.74 Å². The van der Waals surface area contributed by atoms with Crippen LogP contribution in [0.2, 0.25) is 5.02 Å². The van der Waals surface area contributed by atoms with Gasteiger partial charge in [0.1, 0.15) is 5.75 Å². The van der Waals surface area contributed by atoms with Crippen LogP contribution in [0.5, 0.6) is 5.75 Å². The van der Waals surface area contributed by atoms with Crippen LogP contribution >= 0.6 is 11.6 Å². The topological polar surface area (TPSA) is 66.8 Å². The Morgan fingerprint density at radius 2 is 2.24 bits per heavy atom. The van der Waals surface area contributed by atoms with E-state index in [0.29, 0.717) is 17.3 Å². The number of benzene rings is 1. The SMILES string of the molecule is O=C(O)CC1CCCN1C(=O)CCOc1cccc(Cl)c1. The number of aliphatic carboxylic acids is 1. The molecule has 21 heavy (non-hydrogen) atoms. The van der Waals surface area contributed by atoms with Gasteiger partial charge in [0.05, 0.1) is 19.4 Å². The third-order valence-corrected chi connectivity index (χ3v) is 3.72. The molecular formula is C15H18ClNO4. The van der Waals surface area contributed by atoms with E-state index in [0.717, 1.165) is 12.8 Å². The normalized spacial score (nSPS) is 17.8. The number of hydrogen-bond donors (Lipinski definition) is 1.